The molecule has 8 heteroatoms. The maximum Gasteiger partial charge on any atom is 0.272 e. The van der Waals surface area contributed by atoms with Gasteiger partial charge in [0, 0.05) is 44.5 Å². The molecule has 1 aliphatic heterocycles. The van der Waals surface area contributed by atoms with Crippen molar-refractivity contribution < 1.29 is 9.90 Å². The maximum atomic E-state index is 13.1. The number of amides is 1. The van der Waals surface area contributed by atoms with Crippen molar-refractivity contribution in [3.8, 4) is 0 Å². The molecular weight excluding hydrogens is 404 g/mol. The van der Waals surface area contributed by atoms with E-state index in [2.05, 4.69) is 32.2 Å². The average Bonchev–Trinajstić information content (AvgIpc) is 3.32. The van der Waals surface area contributed by atoms with E-state index in [1.807, 2.05) is 51.2 Å². The van der Waals surface area contributed by atoms with Crippen molar-refractivity contribution in [3.63, 3.8) is 0 Å². The number of carbonyl (C=O) groups excluding carboxylic acids is 1. The molecule has 0 radical (unpaired) electrons. The summed E-state index contributed by atoms with van der Waals surface area (Å²) in [6.07, 6.45) is 0.664. The van der Waals surface area contributed by atoms with E-state index in [1.165, 1.54) is 0 Å². The van der Waals surface area contributed by atoms with Crippen LogP contribution < -0.4 is 5.32 Å². The van der Waals surface area contributed by atoms with Crippen molar-refractivity contribution in [3.05, 3.63) is 70.6 Å². The zero-order valence-corrected chi connectivity index (χ0v) is 19.2. The van der Waals surface area contributed by atoms with Crippen molar-refractivity contribution in [2.24, 2.45) is 7.05 Å². The second-order valence-corrected chi connectivity index (χ2v) is 8.70. The Morgan fingerprint density at radius 2 is 2.06 bits per heavy atom. The summed E-state index contributed by atoms with van der Waals surface area (Å²) in [6, 6.07) is 11.5. The number of rotatable bonds is 6. The van der Waals surface area contributed by atoms with E-state index in [0.29, 0.717) is 25.2 Å². The first kappa shape index (κ1) is 22.2. The lowest BCUT2D eigenvalue weighted by Crippen LogP contribution is -2.61. The van der Waals surface area contributed by atoms with E-state index in [0.717, 1.165) is 41.4 Å². The number of hydrogen-bond acceptors (Lipinski definition) is 5. The molecule has 1 aromatic carbocycles. The maximum absolute atomic E-state index is 13.1. The van der Waals surface area contributed by atoms with Gasteiger partial charge in [-0.3, -0.25) is 14.4 Å². The summed E-state index contributed by atoms with van der Waals surface area (Å²) in [5, 5.41) is 18.9. The van der Waals surface area contributed by atoms with Crippen LogP contribution in [0.4, 0.5) is 0 Å². The van der Waals surface area contributed by atoms with E-state index in [9.17, 15) is 9.90 Å². The molecule has 0 unspecified atom stereocenters. The molecular formula is C24H32N6O2. The van der Waals surface area contributed by atoms with E-state index in [1.54, 1.807) is 10.7 Å². The van der Waals surface area contributed by atoms with Crippen LogP contribution in [0.15, 0.2) is 36.4 Å². The topological polar surface area (TPSA) is 99.1 Å². The van der Waals surface area contributed by atoms with Crippen molar-refractivity contribution >= 4 is 5.91 Å². The largest absolute Gasteiger partial charge is 0.389 e. The quantitative estimate of drug-likeness (QED) is 0.550. The Kier molecular flexibility index (Phi) is 6.17. The minimum absolute atomic E-state index is 0.277. The molecule has 1 aliphatic rings. The molecule has 3 heterocycles. The predicted octanol–water partition coefficient (Wildman–Crippen LogP) is 2.21. The first-order valence-corrected chi connectivity index (χ1v) is 11.2. The Labute approximate surface area is 188 Å². The number of carbonyl (C=O) groups is 1. The average molecular weight is 437 g/mol. The normalized spacial score (nSPS) is 21.6. The number of aromatic amines is 1. The van der Waals surface area contributed by atoms with E-state index < -0.39 is 11.6 Å². The second-order valence-electron chi connectivity index (χ2n) is 8.70. The van der Waals surface area contributed by atoms with Crippen molar-refractivity contribution in [2.45, 2.75) is 51.8 Å². The molecule has 1 fully saturated rings. The van der Waals surface area contributed by atoms with Crippen LogP contribution in [-0.2, 0) is 25.6 Å². The molecule has 2 aromatic heterocycles. The van der Waals surface area contributed by atoms with Gasteiger partial charge in [-0.2, -0.15) is 5.10 Å². The number of nitrogens with one attached hydrogen (secondary N) is 2. The summed E-state index contributed by atoms with van der Waals surface area (Å²) in [4.78, 5) is 23.3. The van der Waals surface area contributed by atoms with Gasteiger partial charge in [-0.25, -0.2) is 4.98 Å². The number of aryl methyl sites for hydroxylation is 4. The molecule has 32 heavy (non-hydrogen) atoms. The fourth-order valence-electron chi connectivity index (χ4n) is 4.46. The number of benzene rings is 1. The molecule has 0 bridgehead atoms. The van der Waals surface area contributed by atoms with E-state index in [-0.39, 0.29) is 5.91 Å². The Balaban J connectivity index is 1.57. The molecule has 2 atom stereocenters. The van der Waals surface area contributed by atoms with Crippen LogP contribution >= 0.6 is 0 Å². The van der Waals surface area contributed by atoms with Gasteiger partial charge < -0.3 is 15.4 Å². The number of H-pyrrole nitrogens is 1. The summed E-state index contributed by atoms with van der Waals surface area (Å²) < 4.78 is 1.68. The zero-order valence-electron chi connectivity index (χ0n) is 19.2. The summed E-state index contributed by atoms with van der Waals surface area (Å²) >= 11 is 0. The SMILES string of the molecule is CCc1nc(CN2CC[C@@](NC(=O)c3cc(C)n(C)n3)(c3ccccc3)[C@H](O)C2)c(C)[nH]1. The summed E-state index contributed by atoms with van der Waals surface area (Å²) in [5.41, 5.74) is 3.35. The smallest absolute Gasteiger partial charge is 0.272 e. The molecule has 170 valence electrons. The number of imidazole rings is 1. The van der Waals surface area contributed by atoms with Crippen LogP contribution in [0.1, 0.15) is 52.3 Å². The van der Waals surface area contributed by atoms with Gasteiger partial charge in [0.1, 0.15) is 11.5 Å². The molecule has 0 saturated carbocycles. The molecule has 8 nitrogen and oxygen atoms in total. The summed E-state index contributed by atoms with van der Waals surface area (Å²) in [6.45, 7) is 7.84. The van der Waals surface area contributed by atoms with Gasteiger partial charge in [0.25, 0.3) is 5.91 Å². The van der Waals surface area contributed by atoms with Crippen LogP contribution in [0.3, 0.4) is 0 Å². The lowest BCUT2D eigenvalue weighted by atomic mass is 9.78. The minimum Gasteiger partial charge on any atom is -0.389 e. The summed E-state index contributed by atoms with van der Waals surface area (Å²) in [5.74, 6) is 0.701. The highest BCUT2D eigenvalue weighted by molar-refractivity contribution is 5.93. The number of aliphatic hydroxyl groups excluding tert-OH is 1. The van der Waals surface area contributed by atoms with Crippen molar-refractivity contribution in [1.29, 1.82) is 0 Å². The molecule has 3 N–H and O–H groups in total. The first-order chi connectivity index (χ1) is 15.3. The van der Waals surface area contributed by atoms with Gasteiger partial charge in [-0.1, -0.05) is 37.3 Å². The predicted molar refractivity (Wildman–Crippen MR) is 122 cm³/mol. The van der Waals surface area contributed by atoms with Crippen LogP contribution in [0.5, 0.6) is 0 Å². The van der Waals surface area contributed by atoms with Gasteiger partial charge >= 0.3 is 0 Å². The lowest BCUT2D eigenvalue weighted by molar-refractivity contribution is -0.0185. The van der Waals surface area contributed by atoms with Gasteiger partial charge in [0.05, 0.1) is 17.3 Å². The third-order valence-electron chi connectivity index (χ3n) is 6.54. The second kappa shape index (κ2) is 8.88. The number of aliphatic hydroxyl groups is 1. The highest BCUT2D eigenvalue weighted by atomic mass is 16.3. The Morgan fingerprint density at radius 1 is 1.31 bits per heavy atom. The van der Waals surface area contributed by atoms with Crippen LogP contribution in [-0.4, -0.2) is 54.9 Å². The van der Waals surface area contributed by atoms with E-state index >= 15 is 0 Å². The number of piperidine rings is 1. The third kappa shape index (κ3) is 4.20. The van der Waals surface area contributed by atoms with Crippen molar-refractivity contribution in [2.75, 3.05) is 13.1 Å². The number of likely N-dealkylation sites (tertiary alicyclic amines) is 1. The highest BCUT2D eigenvalue weighted by Gasteiger charge is 2.45. The molecule has 1 saturated heterocycles. The molecule has 3 aromatic rings. The van der Waals surface area contributed by atoms with Crippen LogP contribution in [0.2, 0.25) is 0 Å². The zero-order chi connectivity index (χ0) is 22.9. The van der Waals surface area contributed by atoms with Gasteiger partial charge in [0.2, 0.25) is 0 Å². The number of aromatic nitrogens is 4. The molecule has 0 aliphatic carbocycles. The molecule has 1 amide bonds. The Bertz CT molecular complexity index is 1070. The molecule has 0 spiro atoms. The van der Waals surface area contributed by atoms with Crippen LogP contribution in [0, 0.1) is 13.8 Å². The number of β-amino-alcohol motifs (C(OH)–C–C–N with tert-alkyl or cyclic N) is 1. The molecule has 4 rings (SSSR count). The van der Waals surface area contributed by atoms with Crippen molar-refractivity contribution in [1.82, 2.24) is 30.0 Å². The minimum atomic E-state index is -0.879. The van der Waals surface area contributed by atoms with Gasteiger partial charge in [-0.15, -0.1) is 0 Å². The van der Waals surface area contributed by atoms with Crippen LogP contribution in [0.25, 0.3) is 0 Å². The van der Waals surface area contributed by atoms with Gasteiger partial charge in [0.15, 0.2) is 0 Å². The highest BCUT2D eigenvalue weighted by Crippen LogP contribution is 2.34. The monoisotopic (exact) mass is 436 g/mol. The fourth-order valence-corrected chi connectivity index (χ4v) is 4.46. The summed E-state index contributed by atoms with van der Waals surface area (Å²) in [7, 11) is 1.81. The van der Waals surface area contributed by atoms with Gasteiger partial charge in [-0.05, 0) is 31.9 Å². The third-order valence-corrected chi connectivity index (χ3v) is 6.54. The fraction of sp³-hybridized carbons (Fsp3) is 0.458. The van der Waals surface area contributed by atoms with E-state index in [4.69, 9.17) is 0 Å². The Hall–Kier alpha value is -2.97. The first-order valence-electron chi connectivity index (χ1n) is 11.2. The lowest BCUT2D eigenvalue weighted by Gasteiger charge is -2.46. The number of nitrogens with zero attached hydrogens (tertiary/aromatic N) is 4. The number of hydrogen-bond donors (Lipinski definition) is 3. The standard InChI is InChI=1S/C24H32N6O2/c1-5-22-25-17(3)20(26-22)14-30-12-11-24(21(31)15-30,18-9-7-6-8-10-18)27-23(32)19-13-16(2)29(4)28-19/h6-10,13,21,31H,5,11-12,14-15H2,1-4H3,(H,25,26)(H,27,32)/t21-,24-/m1/s1. The Morgan fingerprint density at radius 3 is 2.66 bits per heavy atom.